The first-order valence-electron chi connectivity index (χ1n) is 22.0. The molecule has 23 heteroatoms. The van der Waals surface area contributed by atoms with Gasteiger partial charge in [-0.3, -0.25) is 38.8 Å². The zero-order valence-electron chi connectivity index (χ0n) is 37.8. The molecule has 0 spiro atoms. The highest BCUT2D eigenvalue weighted by Crippen LogP contribution is 2.37. The largest absolute Gasteiger partial charge is 0.483 e. The maximum absolute atomic E-state index is 13.3. The molecule has 0 aliphatic carbocycles. The lowest BCUT2D eigenvalue weighted by molar-refractivity contribution is -0.141. The Morgan fingerprint density at radius 3 is 2.24 bits per heavy atom. The third-order valence-electron chi connectivity index (χ3n) is 11.1. The van der Waals surface area contributed by atoms with Gasteiger partial charge in [-0.1, -0.05) is 48.0 Å². The van der Waals surface area contributed by atoms with Crippen LogP contribution in [0, 0.1) is 12.8 Å². The summed E-state index contributed by atoms with van der Waals surface area (Å²) in [6.07, 6.45) is 6.22. The number of likely N-dealkylation sites (tertiary alicyclic amines) is 1. The monoisotopic (exact) mass is 972 g/mol. The Kier molecular flexibility index (Phi) is 16.7. The van der Waals surface area contributed by atoms with Crippen molar-refractivity contribution in [2.45, 2.75) is 39.3 Å². The van der Waals surface area contributed by atoms with Crippen molar-refractivity contribution in [2.75, 3.05) is 54.4 Å². The van der Waals surface area contributed by atoms with E-state index in [9.17, 15) is 24.3 Å². The number of pyridine rings is 2. The zero-order valence-corrected chi connectivity index (χ0v) is 38.5. The molecule has 1 saturated heterocycles. The molecule has 1 aliphatic rings. The summed E-state index contributed by atoms with van der Waals surface area (Å²) in [5, 5.41) is 35.8. The maximum Gasteiger partial charge on any atom is 0.307 e. The van der Waals surface area contributed by atoms with Crippen molar-refractivity contribution >= 4 is 70.8 Å². The van der Waals surface area contributed by atoms with Crippen LogP contribution in [-0.2, 0) is 27.5 Å². The summed E-state index contributed by atoms with van der Waals surface area (Å²) in [5.74, 6) is -0.588. The quantitative estimate of drug-likeness (QED) is 0.0391. The molecule has 0 unspecified atom stereocenters. The van der Waals surface area contributed by atoms with Crippen LogP contribution >= 0.6 is 11.6 Å². The van der Waals surface area contributed by atoms with Crippen LogP contribution in [0.25, 0.3) is 28.5 Å². The first kappa shape index (κ1) is 49.6. The number of anilines is 4. The lowest BCUT2D eigenvalue weighted by Gasteiger charge is -2.16. The molecule has 9 N–H and O–H groups in total. The predicted octanol–water partition coefficient (Wildman–Crippen LogP) is 4.99. The second-order valence-electron chi connectivity index (χ2n) is 15.9. The number of amides is 3. The second-order valence-corrected chi connectivity index (χ2v) is 16.3. The third kappa shape index (κ3) is 12.8. The van der Waals surface area contributed by atoms with Crippen molar-refractivity contribution < 1.29 is 38.6 Å². The fraction of sp³-hybridized carbons (Fsp3) is 0.255. The van der Waals surface area contributed by atoms with E-state index in [1.54, 1.807) is 54.9 Å². The van der Waals surface area contributed by atoms with Crippen LogP contribution in [0.2, 0.25) is 5.02 Å². The summed E-state index contributed by atoms with van der Waals surface area (Å²) in [5.41, 5.74) is 11.4. The number of fused-ring (bicyclic) bond motifs is 1. The number of nitrogens with zero attached hydrogens (tertiary/aromatic N) is 8. The SMILES string of the molecule is Cc1c(NC(=O)c2ccc(CNCCNC(=O)CCCNc3nc(N)n4nc(-c5ccco5)nc4n3)cn2)cccc1-c1cccc(NC(=O)c2ccc(CN3CC[C@@H](C(=O)O)C3)cn2)c1Cl.O=CO. The summed E-state index contributed by atoms with van der Waals surface area (Å²) in [7, 11) is 0. The van der Waals surface area contributed by atoms with Crippen molar-refractivity contribution in [3.8, 4) is 22.7 Å². The smallest absolute Gasteiger partial charge is 0.307 e. The number of aromatic nitrogens is 7. The molecule has 1 atom stereocenters. The minimum atomic E-state index is -0.783. The predicted molar refractivity (Wildman–Crippen MR) is 259 cm³/mol. The molecule has 8 rings (SSSR count). The normalized spacial score (nSPS) is 13.3. The van der Waals surface area contributed by atoms with E-state index in [-0.39, 0.29) is 53.3 Å². The van der Waals surface area contributed by atoms with E-state index in [0.29, 0.717) is 98.6 Å². The fourth-order valence-electron chi connectivity index (χ4n) is 7.48. The summed E-state index contributed by atoms with van der Waals surface area (Å²) >= 11 is 6.89. The van der Waals surface area contributed by atoms with E-state index in [2.05, 4.69) is 61.5 Å². The van der Waals surface area contributed by atoms with Gasteiger partial charge in [0, 0.05) is 69.3 Å². The standard InChI is InChI=1S/C46H47ClN14O6.CH2O2/c1-27-31(32-7-3-9-34(39(32)47)55-42(64)36-15-13-29(24-53-36)25-60-20-16-30(26-60)43(65)66)6-2-8-33(27)54-41(63)35-14-12-28(23-52-35)22-49-18-19-50-38(62)11-4-17-51-45-57-44(48)61-46(58-45)56-40(59-61)37-10-5-21-67-37;2-1-3/h2-3,5-10,12-15,21,23-24,30,49H,4,11,16-20,22,25-26H2,1H3,(H,50,62)(H,54,63)(H,55,64)(H,65,66)(H3,48,51,56,57,58,59);1H,(H,2,3)/t30-;/m1./s1. The van der Waals surface area contributed by atoms with Gasteiger partial charge >= 0.3 is 5.97 Å². The van der Waals surface area contributed by atoms with Crippen molar-refractivity contribution in [1.82, 2.24) is 50.1 Å². The molecule has 3 amide bonds. The molecular formula is C47H49ClN14O8. The first-order chi connectivity index (χ1) is 33.9. The molecule has 1 fully saturated rings. The average Bonchev–Trinajstić information content (AvgIpc) is 4.15. The Bertz CT molecular complexity index is 2950. The molecule has 0 saturated carbocycles. The highest BCUT2D eigenvalue weighted by molar-refractivity contribution is 6.36. The van der Waals surface area contributed by atoms with Crippen molar-refractivity contribution in [1.29, 1.82) is 0 Å². The summed E-state index contributed by atoms with van der Waals surface area (Å²) in [4.78, 5) is 82.3. The number of nitrogens with two attached hydrogens (primary N) is 1. The van der Waals surface area contributed by atoms with E-state index in [1.807, 2.05) is 37.3 Å². The number of furan rings is 1. The molecule has 0 bridgehead atoms. The van der Waals surface area contributed by atoms with Crippen LogP contribution in [0.4, 0.5) is 23.3 Å². The molecule has 362 valence electrons. The molecular weight excluding hydrogens is 924 g/mol. The van der Waals surface area contributed by atoms with Crippen LogP contribution in [-0.4, -0.2) is 113 Å². The molecule has 7 aromatic rings. The highest BCUT2D eigenvalue weighted by Gasteiger charge is 2.28. The van der Waals surface area contributed by atoms with Gasteiger partial charge in [-0.2, -0.15) is 19.5 Å². The number of carboxylic acids is 1. The van der Waals surface area contributed by atoms with E-state index in [1.165, 1.54) is 10.8 Å². The highest BCUT2D eigenvalue weighted by atomic mass is 35.5. The number of hydrogen-bond acceptors (Lipinski definition) is 16. The molecule has 6 heterocycles. The first-order valence-corrected chi connectivity index (χ1v) is 22.4. The van der Waals surface area contributed by atoms with Crippen LogP contribution in [0.1, 0.15) is 56.9 Å². The van der Waals surface area contributed by atoms with Crippen LogP contribution in [0.3, 0.4) is 0 Å². The van der Waals surface area contributed by atoms with Gasteiger partial charge in [-0.25, -0.2) is 0 Å². The molecule has 1 aliphatic heterocycles. The van der Waals surface area contributed by atoms with Gasteiger partial charge < -0.3 is 46.9 Å². The summed E-state index contributed by atoms with van der Waals surface area (Å²) in [6.45, 7) is 5.23. The van der Waals surface area contributed by atoms with E-state index < -0.39 is 11.9 Å². The fourth-order valence-corrected chi connectivity index (χ4v) is 7.75. The second kappa shape index (κ2) is 23.6. The number of carbonyl (C=O) groups excluding carboxylic acids is 3. The number of carboxylic acid groups (broad SMARTS) is 2. The van der Waals surface area contributed by atoms with Gasteiger partial charge in [0.1, 0.15) is 11.4 Å². The van der Waals surface area contributed by atoms with Gasteiger partial charge in [0.05, 0.1) is 22.9 Å². The van der Waals surface area contributed by atoms with Gasteiger partial charge in [-0.05, 0) is 85.0 Å². The minimum absolute atomic E-state index is 0.0930. The summed E-state index contributed by atoms with van der Waals surface area (Å²) < 4.78 is 6.66. The van der Waals surface area contributed by atoms with E-state index >= 15 is 0 Å². The zero-order chi connectivity index (χ0) is 49.6. The van der Waals surface area contributed by atoms with Crippen LogP contribution in [0.5, 0.6) is 0 Å². The third-order valence-corrected chi connectivity index (χ3v) is 11.5. The Morgan fingerprint density at radius 2 is 1.57 bits per heavy atom. The van der Waals surface area contributed by atoms with E-state index in [4.69, 9.17) is 31.7 Å². The Balaban J connectivity index is 0.00000235. The van der Waals surface area contributed by atoms with Gasteiger partial charge in [0.2, 0.25) is 23.6 Å². The lowest BCUT2D eigenvalue weighted by Crippen LogP contribution is -2.31. The van der Waals surface area contributed by atoms with Crippen molar-refractivity contribution in [3.63, 3.8) is 0 Å². The summed E-state index contributed by atoms with van der Waals surface area (Å²) in [6, 6.07) is 21.2. The van der Waals surface area contributed by atoms with Gasteiger partial charge in [-0.15, -0.1) is 5.10 Å². The number of aliphatic carboxylic acids is 1. The van der Waals surface area contributed by atoms with Gasteiger partial charge in [0.25, 0.3) is 24.1 Å². The Morgan fingerprint density at radius 1 is 0.871 bits per heavy atom. The number of benzene rings is 2. The number of carbonyl (C=O) groups is 5. The number of rotatable bonds is 19. The number of hydrogen-bond donors (Lipinski definition) is 8. The maximum atomic E-state index is 13.3. The Hall–Kier alpha value is -8.34. The van der Waals surface area contributed by atoms with Crippen LogP contribution in [0.15, 0.2) is 95.9 Å². The molecule has 5 aromatic heterocycles. The number of nitrogens with one attached hydrogen (secondary N) is 5. The lowest BCUT2D eigenvalue weighted by atomic mass is 9.98. The topological polar surface area (TPSA) is 310 Å². The Labute approximate surface area is 405 Å². The van der Waals surface area contributed by atoms with Crippen LogP contribution < -0.4 is 32.3 Å². The van der Waals surface area contributed by atoms with E-state index in [0.717, 1.165) is 22.3 Å². The van der Waals surface area contributed by atoms with Crippen molar-refractivity contribution in [3.05, 3.63) is 125 Å². The molecule has 2 aromatic carbocycles. The molecule has 70 heavy (non-hydrogen) atoms. The van der Waals surface area contributed by atoms with Gasteiger partial charge in [0.15, 0.2) is 5.76 Å². The number of halogens is 1. The molecule has 22 nitrogen and oxygen atoms in total. The van der Waals surface area contributed by atoms with Crippen molar-refractivity contribution in [2.24, 2.45) is 5.92 Å². The number of nitrogen functional groups attached to an aromatic ring is 1. The minimum Gasteiger partial charge on any atom is -0.483 e. The average molecular weight is 973 g/mol. The molecule has 0 radical (unpaired) electrons.